The lowest BCUT2D eigenvalue weighted by molar-refractivity contribution is -0.393. The second-order valence-corrected chi connectivity index (χ2v) is 6.83. The molecule has 1 N–H and O–H groups in total. The largest absolute Gasteiger partial charge is 0.301 e. The van der Waals surface area contributed by atoms with Gasteiger partial charge in [-0.05, 0) is 41.7 Å². The molecule has 0 amide bonds. The van der Waals surface area contributed by atoms with Crippen LogP contribution in [0.15, 0.2) is 34.9 Å². The fraction of sp³-hybridized carbons (Fsp3) is 0.438. The molecule has 0 aliphatic heterocycles. The van der Waals surface area contributed by atoms with Crippen LogP contribution in [0.1, 0.15) is 26.7 Å². The third-order valence-corrected chi connectivity index (χ3v) is 5.30. The summed E-state index contributed by atoms with van der Waals surface area (Å²) in [5, 5.41) is 25.9. The van der Waals surface area contributed by atoms with E-state index in [9.17, 15) is 20.2 Å². The smallest absolute Gasteiger partial charge is 0.272 e. The second kappa shape index (κ2) is 5.70. The second-order valence-electron chi connectivity index (χ2n) is 6.83. The molecule has 3 aliphatic carbocycles. The summed E-state index contributed by atoms with van der Waals surface area (Å²) in [6, 6.07) is 3.44. The van der Waals surface area contributed by atoms with Gasteiger partial charge in [-0.3, -0.25) is 25.7 Å². The molecule has 0 aromatic heterocycles. The number of nitro groups is 2. The number of allylic oxidation sites excluding steroid dienone is 2. The van der Waals surface area contributed by atoms with Gasteiger partial charge in [0.15, 0.2) is 0 Å². The molecule has 0 spiro atoms. The predicted molar refractivity (Wildman–Crippen MR) is 89.9 cm³/mol. The molecule has 4 rings (SSSR count). The first-order valence-corrected chi connectivity index (χ1v) is 7.72. The molecule has 0 radical (unpaired) electrons. The fourth-order valence-corrected chi connectivity index (χ4v) is 3.60. The van der Waals surface area contributed by atoms with Crippen molar-refractivity contribution in [1.29, 1.82) is 0 Å². The molecule has 1 fully saturated rings. The van der Waals surface area contributed by atoms with Gasteiger partial charge in [0.05, 0.1) is 22.1 Å². The van der Waals surface area contributed by atoms with E-state index in [2.05, 4.69) is 30.5 Å². The van der Waals surface area contributed by atoms with Gasteiger partial charge in [0.25, 0.3) is 5.69 Å². The van der Waals surface area contributed by atoms with Gasteiger partial charge in [0, 0.05) is 6.07 Å². The maximum absolute atomic E-state index is 11.1. The Hall–Kier alpha value is -2.77. The lowest BCUT2D eigenvalue weighted by atomic mass is 9.49. The number of nitrogens with zero attached hydrogens (tertiary/aromatic N) is 3. The Kier molecular flexibility index (Phi) is 3.82. The zero-order chi connectivity index (χ0) is 17.5. The fourth-order valence-electron chi connectivity index (χ4n) is 3.60. The van der Waals surface area contributed by atoms with Crippen LogP contribution in [0.4, 0.5) is 17.1 Å². The van der Waals surface area contributed by atoms with Crippen LogP contribution in [-0.2, 0) is 0 Å². The van der Waals surface area contributed by atoms with Gasteiger partial charge in [-0.1, -0.05) is 19.9 Å². The average Bonchev–Trinajstić information content (AvgIpc) is 2.54. The third kappa shape index (κ3) is 2.64. The SMILES string of the molecule is CC1(C)[C@H]2CC=C(C=NNc3ccc([N+](=O)[O-])cc3[N+](=O)[O-])[C@H]1C2. The summed E-state index contributed by atoms with van der Waals surface area (Å²) in [4.78, 5) is 20.5. The molecule has 0 saturated heterocycles. The molecule has 1 aromatic rings. The standard InChI is InChI=1S/C16H18N4O4/c1-16(2)11-4-3-10(13(16)7-11)9-17-18-14-6-5-12(19(21)22)8-15(14)20(23)24/h3,5-6,8-9,11,13,18H,4,7H2,1-2H3/t11-,13+/m0/s1. The molecule has 8 heteroatoms. The van der Waals surface area contributed by atoms with E-state index >= 15 is 0 Å². The normalized spacial score (nSPS) is 24.2. The van der Waals surface area contributed by atoms with Crippen molar-refractivity contribution in [2.75, 3.05) is 5.43 Å². The van der Waals surface area contributed by atoms with Crippen molar-refractivity contribution >= 4 is 23.3 Å². The highest BCUT2D eigenvalue weighted by Gasteiger charge is 2.50. The van der Waals surface area contributed by atoms with Crippen molar-refractivity contribution in [2.45, 2.75) is 26.7 Å². The van der Waals surface area contributed by atoms with Gasteiger partial charge in [-0.15, -0.1) is 0 Å². The Labute approximate surface area is 138 Å². The maximum atomic E-state index is 11.1. The number of nitro benzene ring substituents is 2. The molecule has 126 valence electrons. The number of hydrazone groups is 1. The van der Waals surface area contributed by atoms with Crippen molar-refractivity contribution in [3.05, 3.63) is 50.1 Å². The van der Waals surface area contributed by atoms with Crippen LogP contribution in [-0.4, -0.2) is 16.1 Å². The Morgan fingerprint density at radius 3 is 2.62 bits per heavy atom. The highest BCUT2D eigenvalue weighted by molar-refractivity contribution is 5.81. The maximum Gasteiger partial charge on any atom is 0.301 e. The molecule has 3 aliphatic rings. The van der Waals surface area contributed by atoms with E-state index in [1.165, 1.54) is 12.1 Å². The average molecular weight is 330 g/mol. The van der Waals surface area contributed by atoms with Gasteiger partial charge in [-0.25, -0.2) is 0 Å². The van der Waals surface area contributed by atoms with Crippen molar-refractivity contribution in [2.24, 2.45) is 22.4 Å². The molecular weight excluding hydrogens is 312 g/mol. The minimum absolute atomic E-state index is 0.129. The first-order valence-electron chi connectivity index (χ1n) is 7.72. The van der Waals surface area contributed by atoms with Gasteiger partial charge in [-0.2, -0.15) is 5.10 Å². The summed E-state index contributed by atoms with van der Waals surface area (Å²) >= 11 is 0. The van der Waals surface area contributed by atoms with E-state index in [-0.39, 0.29) is 22.5 Å². The first-order chi connectivity index (χ1) is 11.3. The number of non-ortho nitro benzene ring substituents is 1. The van der Waals surface area contributed by atoms with E-state index in [1.807, 2.05) is 0 Å². The van der Waals surface area contributed by atoms with Crippen LogP contribution in [0.2, 0.25) is 0 Å². The molecule has 8 nitrogen and oxygen atoms in total. The van der Waals surface area contributed by atoms with Crippen LogP contribution >= 0.6 is 0 Å². The van der Waals surface area contributed by atoms with Crippen LogP contribution in [0.25, 0.3) is 0 Å². The summed E-state index contributed by atoms with van der Waals surface area (Å²) in [5.41, 5.74) is 3.48. The number of hydrogen-bond donors (Lipinski definition) is 1. The number of rotatable bonds is 5. The number of benzene rings is 1. The molecule has 24 heavy (non-hydrogen) atoms. The van der Waals surface area contributed by atoms with Crippen LogP contribution in [0.5, 0.6) is 0 Å². The third-order valence-electron chi connectivity index (χ3n) is 5.30. The van der Waals surface area contributed by atoms with E-state index in [0.717, 1.165) is 30.4 Å². The Balaban J connectivity index is 1.76. The minimum Gasteiger partial charge on any atom is -0.272 e. The van der Waals surface area contributed by atoms with E-state index in [0.29, 0.717) is 5.92 Å². The highest BCUT2D eigenvalue weighted by atomic mass is 16.6. The van der Waals surface area contributed by atoms with Crippen molar-refractivity contribution in [3.63, 3.8) is 0 Å². The molecule has 2 bridgehead atoms. The van der Waals surface area contributed by atoms with Crippen molar-refractivity contribution < 1.29 is 9.85 Å². The molecular formula is C16H18N4O4. The van der Waals surface area contributed by atoms with Gasteiger partial charge >= 0.3 is 5.69 Å². The molecule has 0 unspecified atom stereocenters. The zero-order valence-electron chi connectivity index (χ0n) is 13.4. The summed E-state index contributed by atoms with van der Waals surface area (Å²) in [6.45, 7) is 4.50. The van der Waals surface area contributed by atoms with Crippen LogP contribution < -0.4 is 5.43 Å². The zero-order valence-corrected chi connectivity index (χ0v) is 13.4. The molecule has 2 atom stereocenters. The summed E-state index contributed by atoms with van der Waals surface area (Å²) < 4.78 is 0. The number of nitrogens with one attached hydrogen (secondary N) is 1. The monoisotopic (exact) mass is 330 g/mol. The lowest BCUT2D eigenvalue weighted by Gasteiger charge is -2.55. The Bertz CT molecular complexity index is 769. The lowest BCUT2D eigenvalue weighted by Crippen LogP contribution is -2.48. The summed E-state index contributed by atoms with van der Waals surface area (Å²) in [7, 11) is 0. The topological polar surface area (TPSA) is 111 Å². The number of fused-ring (bicyclic) bond motifs is 1. The quantitative estimate of drug-likeness (QED) is 0.500. The summed E-state index contributed by atoms with van der Waals surface area (Å²) in [5.74, 6) is 1.19. The molecule has 1 aromatic carbocycles. The Morgan fingerprint density at radius 2 is 2.04 bits per heavy atom. The van der Waals surface area contributed by atoms with Gasteiger partial charge in [0.1, 0.15) is 5.69 Å². The Morgan fingerprint density at radius 1 is 1.29 bits per heavy atom. The van der Waals surface area contributed by atoms with Crippen LogP contribution in [0, 0.1) is 37.5 Å². The van der Waals surface area contributed by atoms with Gasteiger partial charge < -0.3 is 0 Å². The first kappa shape index (κ1) is 16.1. The molecule has 0 heterocycles. The van der Waals surface area contributed by atoms with E-state index in [4.69, 9.17) is 0 Å². The number of hydrogen-bond acceptors (Lipinski definition) is 6. The van der Waals surface area contributed by atoms with Gasteiger partial charge in [0.2, 0.25) is 0 Å². The minimum atomic E-state index is -0.665. The van der Waals surface area contributed by atoms with Crippen molar-refractivity contribution in [1.82, 2.24) is 0 Å². The number of anilines is 1. The molecule has 1 saturated carbocycles. The van der Waals surface area contributed by atoms with Crippen LogP contribution in [0.3, 0.4) is 0 Å². The van der Waals surface area contributed by atoms with E-state index in [1.54, 1.807) is 6.21 Å². The summed E-state index contributed by atoms with van der Waals surface area (Å²) in [6.07, 6.45) is 6.05. The highest BCUT2D eigenvalue weighted by Crippen LogP contribution is 2.58. The predicted octanol–water partition coefficient (Wildman–Crippen LogP) is 3.89. The van der Waals surface area contributed by atoms with Crippen molar-refractivity contribution in [3.8, 4) is 0 Å². The van der Waals surface area contributed by atoms with E-state index < -0.39 is 9.85 Å².